The Morgan fingerprint density at radius 2 is 1.86 bits per heavy atom. The fourth-order valence-corrected chi connectivity index (χ4v) is 2.19. The molecule has 4 nitrogen and oxygen atoms in total. The minimum absolute atomic E-state index is 0.0636. The van der Waals surface area contributed by atoms with Crippen LogP contribution < -0.4 is 14.8 Å². The monoisotopic (exact) mass is 299 g/mol. The van der Waals surface area contributed by atoms with Crippen molar-refractivity contribution < 1.29 is 14.3 Å². The molecule has 116 valence electrons. The SMILES string of the molecule is CCOc1ccc(C(=O)N[C@@H](C)c2ccccc2)cc1OC. The van der Waals surface area contributed by atoms with Crippen molar-refractivity contribution in [3.63, 3.8) is 0 Å². The number of carbonyl (C=O) groups is 1. The number of amides is 1. The lowest BCUT2D eigenvalue weighted by molar-refractivity contribution is 0.0939. The van der Waals surface area contributed by atoms with Crippen molar-refractivity contribution in [2.75, 3.05) is 13.7 Å². The van der Waals surface area contributed by atoms with Gasteiger partial charge in [-0.15, -0.1) is 0 Å². The van der Waals surface area contributed by atoms with Crippen LogP contribution in [-0.4, -0.2) is 19.6 Å². The van der Waals surface area contributed by atoms with E-state index in [0.29, 0.717) is 23.7 Å². The molecular weight excluding hydrogens is 278 g/mol. The third-order valence-corrected chi connectivity index (χ3v) is 3.37. The van der Waals surface area contributed by atoms with Crippen LogP contribution in [0.1, 0.15) is 35.8 Å². The molecule has 22 heavy (non-hydrogen) atoms. The molecule has 2 aromatic carbocycles. The molecule has 0 saturated heterocycles. The number of methoxy groups -OCH3 is 1. The minimum Gasteiger partial charge on any atom is -0.493 e. The van der Waals surface area contributed by atoms with Crippen molar-refractivity contribution in [1.82, 2.24) is 5.32 Å². The highest BCUT2D eigenvalue weighted by Gasteiger charge is 2.14. The van der Waals surface area contributed by atoms with E-state index in [1.807, 2.05) is 44.2 Å². The van der Waals surface area contributed by atoms with Gasteiger partial charge in [0.2, 0.25) is 0 Å². The van der Waals surface area contributed by atoms with Crippen LogP contribution >= 0.6 is 0 Å². The second-order valence-corrected chi connectivity index (χ2v) is 4.90. The summed E-state index contributed by atoms with van der Waals surface area (Å²) in [6.45, 7) is 4.41. The maximum absolute atomic E-state index is 12.4. The fourth-order valence-electron chi connectivity index (χ4n) is 2.19. The number of hydrogen-bond donors (Lipinski definition) is 1. The highest BCUT2D eigenvalue weighted by atomic mass is 16.5. The Balaban J connectivity index is 2.12. The fraction of sp³-hybridized carbons (Fsp3) is 0.278. The summed E-state index contributed by atoms with van der Waals surface area (Å²) in [5.41, 5.74) is 1.61. The van der Waals surface area contributed by atoms with Gasteiger partial charge in [-0.3, -0.25) is 4.79 Å². The maximum Gasteiger partial charge on any atom is 0.251 e. The van der Waals surface area contributed by atoms with Crippen LogP contribution in [0.15, 0.2) is 48.5 Å². The van der Waals surface area contributed by atoms with E-state index in [1.165, 1.54) is 0 Å². The topological polar surface area (TPSA) is 47.6 Å². The number of nitrogens with one attached hydrogen (secondary N) is 1. The van der Waals surface area contributed by atoms with E-state index in [1.54, 1.807) is 25.3 Å². The van der Waals surface area contributed by atoms with Gasteiger partial charge >= 0.3 is 0 Å². The van der Waals surface area contributed by atoms with Gasteiger partial charge in [0.25, 0.3) is 5.91 Å². The van der Waals surface area contributed by atoms with E-state index in [0.717, 1.165) is 5.56 Å². The molecule has 0 unspecified atom stereocenters. The first kappa shape index (κ1) is 15.9. The third kappa shape index (κ3) is 3.79. The zero-order chi connectivity index (χ0) is 15.9. The van der Waals surface area contributed by atoms with Gasteiger partial charge in [-0.05, 0) is 37.6 Å². The third-order valence-electron chi connectivity index (χ3n) is 3.37. The summed E-state index contributed by atoms with van der Waals surface area (Å²) in [6, 6.07) is 15.0. The lowest BCUT2D eigenvalue weighted by Gasteiger charge is -2.15. The molecule has 0 aliphatic carbocycles. The van der Waals surface area contributed by atoms with Gasteiger partial charge in [-0.25, -0.2) is 0 Å². The van der Waals surface area contributed by atoms with Crippen LogP contribution in [-0.2, 0) is 0 Å². The van der Waals surface area contributed by atoms with Gasteiger partial charge in [0, 0.05) is 5.56 Å². The molecule has 4 heteroatoms. The van der Waals surface area contributed by atoms with E-state index >= 15 is 0 Å². The lowest BCUT2D eigenvalue weighted by Crippen LogP contribution is -2.26. The maximum atomic E-state index is 12.4. The molecule has 0 aromatic heterocycles. The normalized spacial score (nSPS) is 11.6. The summed E-state index contributed by atoms with van der Waals surface area (Å²) < 4.78 is 10.7. The summed E-state index contributed by atoms with van der Waals surface area (Å²) in [4.78, 5) is 12.4. The predicted molar refractivity (Wildman–Crippen MR) is 86.5 cm³/mol. The molecule has 2 aromatic rings. The lowest BCUT2D eigenvalue weighted by atomic mass is 10.1. The number of carbonyl (C=O) groups excluding carboxylic acids is 1. The first-order valence-corrected chi connectivity index (χ1v) is 7.32. The molecule has 0 aliphatic rings. The average Bonchev–Trinajstić information content (AvgIpc) is 2.56. The van der Waals surface area contributed by atoms with Crippen LogP contribution in [0.2, 0.25) is 0 Å². The number of hydrogen-bond acceptors (Lipinski definition) is 3. The van der Waals surface area contributed by atoms with Crippen LogP contribution in [0, 0.1) is 0 Å². The van der Waals surface area contributed by atoms with Crippen LogP contribution in [0.25, 0.3) is 0 Å². The van der Waals surface area contributed by atoms with Crippen LogP contribution in [0.5, 0.6) is 11.5 Å². The number of rotatable bonds is 6. The van der Waals surface area contributed by atoms with E-state index in [-0.39, 0.29) is 11.9 Å². The molecule has 0 radical (unpaired) electrons. The minimum atomic E-state index is -0.141. The Kier molecular flexibility index (Phi) is 5.42. The zero-order valence-electron chi connectivity index (χ0n) is 13.1. The molecule has 2 rings (SSSR count). The molecule has 0 heterocycles. The van der Waals surface area contributed by atoms with Crippen LogP contribution in [0.3, 0.4) is 0 Å². The molecule has 1 N–H and O–H groups in total. The molecule has 0 saturated carbocycles. The number of ether oxygens (including phenoxy) is 2. The van der Waals surface area contributed by atoms with Gasteiger partial charge in [0.15, 0.2) is 11.5 Å². The molecule has 0 aliphatic heterocycles. The average molecular weight is 299 g/mol. The summed E-state index contributed by atoms with van der Waals surface area (Å²) in [7, 11) is 1.56. The van der Waals surface area contributed by atoms with Crippen molar-refractivity contribution >= 4 is 5.91 Å². The van der Waals surface area contributed by atoms with Gasteiger partial charge in [0.1, 0.15) is 0 Å². The van der Waals surface area contributed by atoms with Crippen molar-refractivity contribution in [2.24, 2.45) is 0 Å². The Hall–Kier alpha value is -2.49. The van der Waals surface area contributed by atoms with E-state index in [9.17, 15) is 4.79 Å². The Labute approximate surface area is 131 Å². The van der Waals surface area contributed by atoms with Gasteiger partial charge in [0.05, 0.1) is 19.8 Å². The van der Waals surface area contributed by atoms with Crippen molar-refractivity contribution in [2.45, 2.75) is 19.9 Å². The highest BCUT2D eigenvalue weighted by Crippen LogP contribution is 2.28. The van der Waals surface area contributed by atoms with Crippen molar-refractivity contribution in [3.05, 3.63) is 59.7 Å². The number of benzene rings is 2. The van der Waals surface area contributed by atoms with Gasteiger partial charge in [-0.2, -0.15) is 0 Å². The zero-order valence-corrected chi connectivity index (χ0v) is 13.1. The van der Waals surface area contributed by atoms with E-state index in [4.69, 9.17) is 9.47 Å². The first-order valence-electron chi connectivity index (χ1n) is 7.32. The smallest absolute Gasteiger partial charge is 0.251 e. The van der Waals surface area contributed by atoms with Gasteiger partial charge in [-0.1, -0.05) is 30.3 Å². The standard InChI is InChI=1S/C18H21NO3/c1-4-22-16-11-10-15(12-17(16)21-3)18(20)19-13(2)14-8-6-5-7-9-14/h5-13H,4H2,1-3H3,(H,19,20)/t13-/m0/s1. The Morgan fingerprint density at radius 3 is 2.50 bits per heavy atom. The molecule has 0 bridgehead atoms. The Morgan fingerprint density at radius 1 is 1.14 bits per heavy atom. The van der Waals surface area contributed by atoms with Gasteiger partial charge < -0.3 is 14.8 Å². The highest BCUT2D eigenvalue weighted by molar-refractivity contribution is 5.95. The summed E-state index contributed by atoms with van der Waals surface area (Å²) in [6.07, 6.45) is 0. The molecule has 0 spiro atoms. The molecular formula is C18H21NO3. The van der Waals surface area contributed by atoms with E-state index < -0.39 is 0 Å². The second-order valence-electron chi connectivity index (χ2n) is 4.90. The summed E-state index contributed by atoms with van der Waals surface area (Å²) in [5.74, 6) is 1.05. The first-order chi connectivity index (χ1) is 10.7. The Bertz CT molecular complexity index is 625. The predicted octanol–water partition coefficient (Wildman–Crippen LogP) is 3.58. The van der Waals surface area contributed by atoms with Crippen molar-refractivity contribution in [1.29, 1.82) is 0 Å². The molecule has 1 amide bonds. The second kappa shape index (κ2) is 7.50. The summed E-state index contributed by atoms with van der Waals surface area (Å²) >= 11 is 0. The molecule has 0 fully saturated rings. The van der Waals surface area contributed by atoms with Crippen LogP contribution in [0.4, 0.5) is 0 Å². The largest absolute Gasteiger partial charge is 0.493 e. The molecule has 1 atom stereocenters. The van der Waals surface area contributed by atoms with E-state index in [2.05, 4.69) is 5.32 Å². The van der Waals surface area contributed by atoms with Crippen molar-refractivity contribution in [3.8, 4) is 11.5 Å². The quantitative estimate of drug-likeness (QED) is 0.887. The summed E-state index contributed by atoms with van der Waals surface area (Å²) in [5, 5.41) is 2.98.